The molecule has 0 fully saturated rings. The number of nitrogens with zero attached hydrogens (tertiary/aromatic N) is 2. The Balaban J connectivity index is 1.81. The quantitative estimate of drug-likeness (QED) is 0.313. The number of aromatic nitrogens is 2. The lowest BCUT2D eigenvalue weighted by Gasteiger charge is -2.09. The molecule has 4 aromatic rings. The van der Waals surface area contributed by atoms with Crippen molar-refractivity contribution in [2.45, 2.75) is 40.3 Å². The third-order valence-corrected chi connectivity index (χ3v) is 6.31. The lowest BCUT2D eigenvalue weighted by atomic mass is 10.0. The van der Waals surface area contributed by atoms with Crippen molar-refractivity contribution in [1.82, 2.24) is 9.13 Å². The van der Waals surface area contributed by atoms with Crippen LogP contribution in [-0.4, -0.2) is 27.5 Å². The SMILES string of the molecule is CCOC(=O)CCn1c(C)c(C(=O)c2cc3ccsc3n2CC)c2ccccc21. The van der Waals surface area contributed by atoms with Crippen molar-refractivity contribution in [3.63, 3.8) is 0 Å². The molecule has 0 bridgehead atoms. The molecule has 6 heteroatoms. The second-order valence-corrected chi connectivity index (χ2v) is 7.86. The van der Waals surface area contributed by atoms with Gasteiger partial charge in [0.2, 0.25) is 5.78 Å². The number of carbonyl (C=O) groups excluding carboxylic acids is 2. The van der Waals surface area contributed by atoms with Gasteiger partial charge in [-0.25, -0.2) is 0 Å². The largest absolute Gasteiger partial charge is 0.466 e. The van der Waals surface area contributed by atoms with E-state index in [2.05, 4.69) is 27.5 Å². The second-order valence-electron chi connectivity index (χ2n) is 6.97. The van der Waals surface area contributed by atoms with Crippen LogP contribution < -0.4 is 0 Å². The maximum atomic E-state index is 13.7. The molecule has 0 atom stereocenters. The minimum Gasteiger partial charge on any atom is -0.466 e. The van der Waals surface area contributed by atoms with Crippen LogP contribution in [0.4, 0.5) is 0 Å². The van der Waals surface area contributed by atoms with Gasteiger partial charge in [0.1, 0.15) is 4.83 Å². The molecule has 150 valence electrons. The van der Waals surface area contributed by atoms with Gasteiger partial charge in [0.15, 0.2) is 0 Å². The normalized spacial score (nSPS) is 11.4. The van der Waals surface area contributed by atoms with Crippen LogP contribution in [0.5, 0.6) is 0 Å². The molecule has 0 radical (unpaired) electrons. The molecule has 0 saturated heterocycles. The predicted molar refractivity (Wildman–Crippen MR) is 117 cm³/mol. The average molecular weight is 409 g/mol. The molecule has 0 amide bonds. The van der Waals surface area contributed by atoms with Crippen LogP contribution in [0.25, 0.3) is 21.1 Å². The molecule has 0 N–H and O–H groups in total. The fraction of sp³-hybridized carbons (Fsp3) is 0.304. The first kappa shape index (κ1) is 19.5. The lowest BCUT2D eigenvalue weighted by molar-refractivity contribution is -0.143. The van der Waals surface area contributed by atoms with E-state index in [1.165, 1.54) is 0 Å². The van der Waals surface area contributed by atoms with Crippen LogP contribution >= 0.6 is 11.3 Å². The zero-order chi connectivity index (χ0) is 20.5. The molecule has 1 aromatic carbocycles. The summed E-state index contributed by atoms with van der Waals surface area (Å²) in [5.41, 5.74) is 3.27. The van der Waals surface area contributed by atoms with E-state index in [9.17, 15) is 9.59 Å². The van der Waals surface area contributed by atoms with Gasteiger partial charge in [-0.15, -0.1) is 11.3 Å². The monoisotopic (exact) mass is 408 g/mol. The van der Waals surface area contributed by atoms with Crippen LogP contribution in [0.3, 0.4) is 0 Å². The minimum absolute atomic E-state index is 0.0267. The molecule has 0 aliphatic rings. The number of benzene rings is 1. The first-order valence-corrected chi connectivity index (χ1v) is 10.8. The number of fused-ring (bicyclic) bond motifs is 2. The van der Waals surface area contributed by atoms with Gasteiger partial charge in [-0.1, -0.05) is 18.2 Å². The van der Waals surface area contributed by atoms with Crippen LogP contribution in [0, 0.1) is 6.92 Å². The number of ether oxygens (including phenoxy) is 1. The molecule has 0 spiro atoms. The van der Waals surface area contributed by atoms with Gasteiger partial charge in [-0.2, -0.15) is 0 Å². The number of ketones is 1. The highest BCUT2D eigenvalue weighted by atomic mass is 32.1. The van der Waals surface area contributed by atoms with Crippen molar-refractivity contribution in [2.24, 2.45) is 0 Å². The van der Waals surface area contributed by atoms with E-state index in [0.717, 1.165) is 33.4 Å². The minimum atomic E-state index is -0.224. The summed E-state index contributed by atoms with van der Waals surface area (Å²) in [6, 6.07) is 11.9. The summed E-state index contributed by atoms with van der Waals surface area (Å²) in [6.45, 7) is 7.43. The van der Waals surface area contributed by atoms with Gasteiger partial charge in [-0.05, 0) is 44.4 Å². The van der Waals surface area contributed by atoms with E-state index in [1.807, 2.05) is 37.3 Å². The Morgan fingerprint density at radius 1 is 1.10 bits per heavy atom. The highest BCUT2D eigenvalue weighted by molar-refractivity contribution is 7.16. The molecular formula is C23H24N2O3S. The maximum absolute atomic E-state index is 13.7. The molecule has 29 heavy (non-hydrogen) atoms. The first-order chi connectivity index (χ1) is 14.1. The van der Waals surface area contributed by atoms with Gasteiger partial charge in [0, 0.05) is 35.1 Å². The molecular weight excluding hydrogens is 384 g/mol. The Hall–Kier alpha value is -2.86. The fourth-order valence-electron chi connectivity index (χ4n) is 4.05. The smallest absolute Gasteiger partial charge is 0.307 e. The van der Waals surface area contributed by atoms with Crippen molar-refractivity contribution < 1.29 is 14.3 Å². The highest BCUT2D eigenvalue weighted by Crippen LogP contribution is 2.31. The standard InChI is InChI=1S/C23H24N2O3S/c1-4-24-19(14-16-11-13-29-23(16)24)22(27)21-15(3)25(12-10-20(26)28-5-2)18-9-7-6-8-17(18)21/h6-9,11,13-14H,4-5,10,12H2,1-3H3. The van der Waals surface area contributed by atoms with Crippen molar-refractivity contribution in [3.8, 4) is 0 Å². The van der Waals surface area contributed by atoms with E-state index in [1.54, 1.807) is 18.3 Å². The summed E-state index contributed by atoms with van der Waals surface area (Å²) >= 11 is 1.66. The average Bonchev–Trinajstić information content (AvgIpc) is 3.37. The number of carbonyl (C=O) groups is 2. The summed E-state index contributed by atoms with van der Waals surface area (Å²) in [7, 11) is 0. The molecule has 0 saturated carbocycles. The van der Waals surface area contributed by atoms with E-state index in [4.69, 9.17) is 4.74 Å². The van der Waals surface area contributed by atoms with E-state index in [-0.39, 0.29) is 18.2 Å². The third-order valence-electron chi connectivity index (χ3n) is 5.35. The number of hydrogen-bond acceptors (Lipinski definition) is 4. The third kappa shape index (κ3) is 3.27. The van der Waals surface area contributed by atoms with Crippen molar-refractivity contribution in [1.29, 1.82) is 0 Å². The van der Waals surface area contributed by atoms with Crippen LogP contribution in [0.15, 0.2) is 41.8 Å². The fourth-order valence-corrected chi connectivity index (χ4v) is 5.01. The van der Waals surface area contributed by atoms with E-state index in [0.29, 0.717) is 24.4 Å². The Labute approximate surface area is 173 Å². The van der Waals surface area contributed by atoms with Gasteiger partial charge >= 0.3 is 5.97 Å². The Morgan fingerprint density at radius 2 is 1.90 bits per heavy atom. The van der Waals surface area contributed by atoms with Crippen LogP contribution in [0.2, 0.25) is 0 Å². The number of esters is 1. The van der Waals surface area contributed by atoms with Crippen molar-refractivity contribution in [3.05, 3.63) is 58.7 Å². The van der Waals surface area contributed by atoms with Gasteiger partial charge < -0.3 is 13.9 Å². The summed E-state index contributed by atoms with van der Waals surface area (Å²) in [5, 5.41) is 4.08. The number of rotatable bonds is 7. The summed E-state index contributed by atoms with van der Waals surface area (Å²) in [5.74, 6) is -0.198. The number of thiophene rings is 1. The molecule has 4 rings (SSSR count). The summed E-state index contributed by atoms with van der Waals surface area (Å²) < 4.78 is 9.22. The molecule has 0 unspecified atom stereocenters. The van der Waals surface area contributed by atoms with Crippen LogP contribution in [-0.2, 0) is 22.6 Å². The number of aryl methyl sites for hydroxylation is 2. The van der Waals surface area contributed by atoms with Crippen molar-refractivity contribution >= 4 is 44.2 Å². The number of para-hydroxylation sites is 1. The molecule has 5 nitrogen and oxygen atoms in total. The molecule has 0 aliphatic carbocycles. The highest BCUT2D eigenvalue weighted by Gasteiger charge is 2.24. The number of hydrogen-bond donors (Lipinski definition) is 0. The van der Waals surface area contributed by atoms with Crippen molar-refractivity contribution in [2.75, 3.05) is 6.61 Å². The zero-order valence-electron chi connectivity index (χ0n) is 16.9. The Morgan fingerprint density at radius 3 is 2.66 bits per heavy atom. The van der Waals surface area contributed by atoms with Gasteiger partial charge in [-0.3, -0.25) is 9.59 Å². The van der Waals surface area contributed by atoms with E-state index >= 15 is 0 Å². The summed E-state index contributed by atoms with van der Waals surface area (Å²) in [6.07, 6.45) is 0.280. The van der Waals surface area contributed by atoms with Gasteiger partial charge in [0.05, 0.1) is 24.3 Å². The lowest BCUT2D eigenvalue weighted by Crippen LogP contribution is -2.12. The van der Waals surface area contributed by atoms with Crippen LogP contribution in [0.1, 0.15) is 42.0 Å². The Kier molecular flexibility index (Phi) is 5.28. The summed E-state index contributed by atoms with van der Waals surface area (Å²) in [4.78, 5) is 26.7. The van der Waals surface area contributed by atoms with E-state index < -0.39 is 0 Å². The van der Waals surface area contributed by atoms with Gasteiger partial charge in [0.25, 0.3) is 0 Å². The topological polar surface area (TPSA) is 53.2 Å². The Bertz CT molecular complexity index is 1210. The molecule has 3 heterocycles. The first-order valence-electron chi connectivity index (χ1n) is 9.91. The molecule has 0 aliphatic heterocycles. The maximum Gasteiger partial charge on any atom is 0.307 e. The second kappa shape index (κ2) is 7.87. The predicted octanol–water partition coefficient (Wildman–Crippen LogP) is 5.17. The zero-order valence-corrected chi connectivity index (χ0v) is 17.7. The molecule has 3 aromatic heterocycles.